The summed E-state index contributed by atoms with van der Waals surface area (Å²) in [7, 11) is 0. The van der Waals surface area contributed by atoms with E-state index in [1.54, 1.807) is 0 Å². The number of hydrogen-bond acceptors (Lipinski definition) is 1. The van der Waals surface area contributed by atoms with Crippen molar-refractivity contribution in [3.63, 3.8) is 0 Å². The Morgan fingerprint density at radius 2 is 0.810 bits per heavy atom. The molecule has 0 saturated heterocycles. The van der Waals surface area contributed by atoms with Gasteiger partial charge in [-0.2, -0.15) is 0 Å². The van der Waals surface area contributed by atoms with Crippen molar-refractivity contribution in [1.82, 2.24) is 4.57 Å². The van der Waals surface area contributed by atoms with Crippen molar-refractivity contribution in [3.8, 4) is 39.1 Å². The van der Waals surface area contributed by atoms with E-state index in [9.17, 15) is 0 Å². The van der Waals surface area contributed by atoms with E-state index in [-0.39, 0.29) is 0 Å². The third-order valence-electron chi connectivity index (χ3n) is 11.6. The van der Waals surface area contributed by atoms with Crippen LogP contribution in [0.4, 0.5) is 17.1 Å². The number of para-hydroxylation sites is 2. The fourth-order valence-electron chi connectivity index (χ4n) is 8.81. The molecule has 0 aliphatic heterocycles. The fourth-order valence-corrected chi connectivity index (χ4v) is 8.81. The van der Waals surface area contributed by atoms with Crippen LogP contribution in [0.15, 0.2) is 231 Å². The minimum atomic E-state index is 1.09. The third kappa shape index (κ3) is 5.82. The zero-order chi connectivity index (χ0) is 38.4. The van der Waals surface area contributed by atoms with Gasteiger partial charge in [0.15, 0.2) is 0 Å². The highest BCUT2D eigenvalue weighted by Crippen LogP contribution is 2.40. The minimum Gasteiger partial charge on any atom is -0.310 e. The first-order valence-corrected chi connectivity index (χ1v) is 19.9. The van der Waals surface area contributed by atoms with Gasteiger partial charge in [0.25, 0.3) is 0 Å². The second kappa shape index (κ2) is 14.1. The van der Waals surface area contributed by atoms with Crippen molar-refractivity contribution in [2.75, 3.05) is 4.90 Å². The van der Waals surface area contributed by atoms with Crippen LogP contribution < -0.4 is 4.90 Å². The van der Waals surface area contributed by atoms with Gasteiger partial charge in [-0.25, -0.2) is 0 Å². The largest absolute Gasteiger partial charge is 0.310 e. The summed E-state index contributed by atoms with van der Waals surface area (Å²) in [5, 5.41) is 7.59. The molecule has 1 aromatic heterocycles. The summed E-state index contributed by atoms with van der Waals surface area (Å²) in [6, 6.07) is 83.6. The molecule has 11 aromatic rings. The number of benzene rings is 10. The molecule has 0 unspecified atom stereocenters. The summed E-state index contributed by atoms with van der Waals surface area (Å²) in [6.07, 6.45) is 0. The highest BCUT2D eigenvalue weighted by atomic mass is 15.1. The molecule has 0 saturated carbocycles. The summed E-state index contributed by atoms with van der Waals surface area (Å²) < 4.78 is 2.39. The minimum absolute atomic E-state index is 1.09. The van der Waals surface area contributed by atoms with Crippen LogP contribution >= 0.6 is 0 Å². The van der Waals surface area contributed by atoms with E-state index in [4.69, 9.17) is 0 Å². The van der Waals surface area contributed by atoms with E-state index in [0.29, 0.717) is 0 Å². The molecular formula is C56H38N2. The fraction of sp³-hybridized carbons (Fsp3) is 0. The Balaban J connectivity index is 1.03. The number of nitrogens with zero attached hydrogens (tertiary/aromatic N) is 2. The van der Waals surface area contributed by atoms with Gasteiger partial charge in [-0.1, -0.05) is 170 Å². The van der Waals surface area contributed by atoms with Gasteiger partial charge in [-0.15, -0.1) is 0 Å². The number of rotatable bonds is 7. The molecule has 0 amide bonds. The highest BCUT2D eigenvalue weighted by Gasteiger charge is 2.17. The topological polar surface area (TPSA) is 8.17 Å². The molecule has 0 atom stereocenters. The van der Waals surface area contributed by atoms with Crippen LogP contribution in [0.3, 0.4) is 0 Å². The Bertz CT molecular complexity index is 3210. The number of hydrogen-bond donors (Lipinski definition) is 0. The van der Waals surface area contributed by atoms with Crippen molar-refractivity contribution in [2.24, 2.45) is 0 Å². The summed E-state index contributed by atoms with van der Waals surface area (Å²) >= 11 is 0. The highest BCUT2D eigenvalue weighted by molar-refractivity contribution is 6.12. The molecule has 0 spiro atoms. The zero-order valence-electron chi connectivity index (χ0n) is 31.8. The number of aromatic nitrogens is 1. The summed E-state index contributed by atoms with van der Waals surface area (Å²) in [5.74, 6) is 0. The molecule has 0 fully saturated rings. The molecule has 0 radical (unpaired) electrons. The van der Waals surface area contributed by atoms with E-state index in [1.807, 2.05) is 0 Å². The average molecular weight is 739 g/mol. The van der Waals surface area contributed by atoms with Gasteiger partial charge in [0.2, 0.25) is 0 Å². The molecule has 2 heteroatoms. The lowest BCUT2D eigenvalue weighted by molar-refractivity contribution is 1.17. The Morgan fingerprint density at radius 1 is 0.276 bits per heavy atom. The zero-order valence-corrected chi connectivity index (χ0v) is 31.8. The van der Waals surface area contributed by atoms with Gasteiger partial charge >= 0.3 is 0 Å². The van der Waals surface area contributed by atoms with E-state index < -0.39 is 0 Å². The van der Waals surface area contributed by atoms with Crippen LogP contribution in [0.2, 0.25) is 0 Å². The van der Waals surface area contributed by atoms with E-state index in [1.165, 1.54) is 76.7 Å². The van der Waals surface area contributed by atoms with Gasteiger partial charge in [-0.3, -0.25) is 0 Å². The van der Waals surface area contributed by atoms with E-state index in [0.717, 1.165) is 22.7 Å². The lowest BCUT2D eigenvalue weighted by Crippen LogP contribution is -2.10. The first kappa shape index (κ1) is 33.6. The predicted molar refractivity (Wildman–Crippen MR) is 247 cm³/mol. The molecular weight excluding hydrogens is 701 g/mol. The first-order valence-electron chi connectivity index (χ1n) is 19.9. The Morgan fingerprint density at radius 3 is 1.52 bits per heavy atom. The molecule has 272 valence electrons. The first-order chi connectivity index (χ1) is 28.8. The van der Waals surface area contributed by atoms with Crippen LogP contribution in [0.5, 0.6) is 0 Å². The smallest absolute Gasteiger partial charge is 0.0541 e. The summed E-state index contributed by atoms with van der Waals surface area (Å²) in [5.41, 5.74) is 14.0. The van der Waals surface area contributed by atoms with Crippen LogP contribution in [-0.2, 0) is 0 Å². The van der Waals surface area contributed by atoms with E-state index in [2.05, 4.69) is 240 Å². The van der Waals surface area contributed by atoms with Crippen molar-refractivity contribution in [3.05, 3.63) is 231 Å². The number of anilines is 3. The standard InChI is InChI=1S/C56H38N2/c1-2-13-39(14-3-1)43-16-10-17-44(37-43)40-27-32-45(33-28-40)57(47-18-11-19-48(38-47)58-55-25-8-6-21-53(55)54-22-7-9-26-56(54)58)46-34-29-42(30-35-46)50-23-12-24-51-49-20-5-4-15-41(49)31-36-52(50)51/h1-38H. The average Bonchev–Trinajstić information content (AvgIpc) is 3.64. The molecule has 0 aliphatic carbocycles. The van der Waals surface area contributed by atoms with Crippen LogP contribution in [0.1, 0.15) is 0 Å². The molecule has 0 bridgehead atoms. The monoisotopic (exact) mass is 738 g/mol. The van der Waals surface area contributed by atoms with Crippen molar-refractivity contribution in [1.29, 1.82) is 0 Å². The van der Waals surface area contributed by atoms with Crippen LogP contribution in [0, 0.1) is 0 Å². The Labute approximate surface area is 338 Å². The van der Waals surface area contributed by atoms with E-state index >= 15 is 0 Å². The van der Waals surface area contributed by atoms with Crippen LogP contribution in [0.25, 0.3) is 82.4 Å². The van der Waals surface area contributed by atoms with Gasteiger partial charge < -0.3 is 9.47 Å². The second-order valence-corrected chi connectivity index (χ2v) is 15.0. The molecule has 58 heavy (non-hydrogen) atoms. The molecule has 2 nitrogen and oxygen atoms in total. The van der Waals surface area contributed by atoms with Crippen molar-refractivity contribution >= 4 is 60.4 Å². The molecule has 0 N–H and O–H groups in total. The lowest BCUT2D eigenvalue weighted by atomic mass is 9.94. The maximum Gasteiger partial charge on any atom is 0.0541 e. The Hall–Kier alpha value is -7.68. The van der Waals surface area contributed by atoms with Crippen LogP contribution in [-0.4, -0.2) is 4.57 Å². The Kier molecular flexibility index (Phi) is 8.19. The second-order valence-electron chi connectivity index (χ2n) is 15.0. The van der Waals surface area contributed by atoms with Gasteiger partial charge in [0.05, 0.1) is 11.0 Å². The molecule has 1 heterocycles. The maximum atomic E-state index is 2.39. The third-order valence-corrected chi connectivity index (χ3v) is 11.6. The maximum absolute atomic E-state index is 2.39. The number of fused-ring (bicyclic) bond motifs is 6. The van der Waals surface area contributed by atoms with Gasteiger partial charge in [0, 0.05) is 33.5 Å². The summed E-state index contributed by atoms with van der Waals surface area (Å²) in [6.45, 7) is 0. The molecule has 10 aromatic carbocycles. The van der Waals surface area contributed by atoms with Crippen molar-refractivity contribution in [2.45, 2.75) is 0 Å². The molecule has 11 rings (SSSR count). The quantitative estimate of drug-likeness (QED) is 0.148. The molecule has 0 aliphatic rings. The van der Waals surface area contributed by atoms with Gasteiger partial charge in [0.1, 0.15) is 0 Å². The summed E-state index contributed by atoms with van der Waals surface area (Å²) in [4.78, 5) is 2.38. The van der Waals surface area contributed by atoms with Gasteiger partial charge in [-0.05, 0) is 116 Å². The van der Waals surface area contributed by atoms with Crippen molar-refractivity contribution < 1.29 is 0 Å². The normalized spacial score (nSPS) is 11.4. The predicted octanol–water partition coefficient (Wildman–Crippen LogP) is 15.6. The lowest BCUT2D eigenvalue weighted by Gasteiger charge is -2.27. The SMILES string of the molecule is c1ccc(-c2cccc(-c3ccc(N(c4ccc(-c5cccc6c5ccc5ccccc56)cc4)c4cccc(-n5c6ccccc6c6ccccc65)c4)cc3)c2)cc1.